The van der Waals surface area contributed by atoms with Crippen LogP contribution in [0.2, 0.25) is 0 Å². The van der Waals surface area contributed by atoms with Crippen LogP contribution < -0.4 is 9.44 Å². The van der Waals surface area contributed by atoms with E-state index in [-0.39, 0.29) is 12.6 Å². The van der Waals surface area contributed by atoms with Gasteiger partial charge < -0.3 is 4.74 Å². The molecular formula is C5H9N5O4S. The summed E-state index contributed by atoms with van der Waals surface area (Å²) in [4.78, 5) is 14.3. The van der Waals surface area contributed by atoms with E-state index in [1.807, 2.05) is 4.72 Å². The summed E-state index contributed by atoms with van der Waals surface area (Å²) in [7, 11) is -4.03. The smallest absolute Gasteiger partial charge is 0.422 e. The maximum absolute atomic E-state index is 11.2. The van der Waals surface area contributed by atoms with Crippen LogP contribution in [0.25, 0.3) is 0 Å². The molecule has 15 heavy (non-hydrogen) atoms. The summed E-state index contributed by atoms with van der Waals surface area (Å²) < 4.78 is 30.3. The van der Waals surface area contributed by atoms with Crippen LogP contribution in [0.5, 0.6) is 0 Å². The second kappa shape index (κ2) is 4.59. The fraction of sp³-hybridized carbons (Fsp3) is 0.400. The molecule has 3 N–H and O–H groups in total. The van der Waals surface area contributed by atoms with Crippen LogP contribution in [-0.4, -0.2) is 36.3 Å². The number of anilines is 1. The lowest BCUT2D eigenvalue weighted by atomic mass is 10.9. The molecule has 0 aliphatic heterocycles. The van der Waals surface area contributed by atoms with E-state index in [1.54, 1.807) is 11.6 Å². The number of ether oxygens (including phenoxy) is 1. The van der Waals surface area contributed by atoms with Gasteiger partial charge in [0.2, 0.25) is 5.95 Å². The Morgan fingerprint density at radius 3 is 2.93 bits per heavy atom. The molecule has 0 aromatic carbocycles. The first kappa shape index (κ1) is 11.2. The maximum atomic E-state index is 11.2. The monoisotopic (exact) mass is 235 g/mol. The molecule has 1 aromatic heterocycles. The van der Waals surface area contributed by atoms with Crippen LogP contribution in [0, 0.1) is 0 Å². The molecule has 0 aliphatic carbocycles. The number of carbonyl (C=O) groups excluding carboxylic acids is 1. The summed E-state index contributed by atoms with van der Waals surface area (Å²) in [5.74, 6) is -0.105. The highest BCUT2D eigenvalue weighted by molar-refractivity contribution is 7.91. The highest BCUT2D eigenvalue weighted by atomic mass is 32.2. The number of nitrogens with one attached hydrogen (secondary N) is 3. The minimum Gasteiger partial charge on any atom is -0.449 e. The highest BCUT2D eigenvalue weighted by Crippen LogP contribution is 1.95. The normalized spacial score (nSPS) is 10.7. The molecule has 0 aliphatic rings. The number of hydrogen-bond donors (Lipinski definition) is 3. The van der Waals surface area contributed by atoms with Crippen molar-refractivity contribution in [3.8, 4) is 0 Å². The highest BCUT2D eigenvalue weighted by Gasteiger charge is 2.15. The first-order chi connectivity index (χ1) is 7.03. The van der Waals surface area contributed by atoms with E-state index in [1.165, 1.54) is 0 Å². The first-order valence-corrected chi connectivity index (χ1v) is 5.34. The van der Waals surface area contributed by atoms with Crippen LogP contribution in [-0.2, 0) is 14.9 Å². The van der Waals surface area contributed by atoms with Gasteiger partial charge >= 0.3 is 16.3 Å². The van der Waals surface area contributed by atoms with Crippen molar-refractivity contribution in [1.82, 2.24) is 19.9 Å². The summed E-state index contributed by atoms with van der Waals surface area (Å²) in [6, 6.07) is 0. The molecule has 0 atom stereocenters. The number of aromatic amines is 1. The second-order valence-corrected chi connectivity index (χ2v) is 3.68. The Morgan fingerprint density at radius 2 is 2.40 bits per heavy atom. The Kier molecular flexibility index (Phi) is 3.44. The molecule has 0 saturated carbocycles. The van der Waals surface area contributed by atoms with Gasteiger partial charge in [-0.2, -0.15) is 18.5 Å². The van der Waals surface area contributed by atoms with Crippen molar-refractivity contribution in [1.29, 1.82) is 0 Å². The van der Waals surface area contributed by atoms with Gasteiger partial charge in [-0.15, -0.1) is 0 Å². The Morgan fingerprint density at radius 1 is 1.67 bits per heavy atom. The standard InChI is InChI=1S/C5H9N5O4S/c1-2-14-5(11)10-15(12,13)9-4-6-3-7-8-4/h3H,2H2,1H3,(H,10,11)(H2,6,7,8,9). The zero-order valence-electron chi connectivity index (χ0n) is 7.72. The van der Waals surface area contributed by atoms with Gasteiger partial charge in [0.05, 0.1) is 6.61 Å². The SMILES string of the molecule is CCOC(=O)NS(=O)(=O)Nc1ncn[nH]1. The Hall–Kier alpha value is -1.84. The van der Waals surface area contributed by atoms with Gasteiger partial charge in [0.1, 0.15) is 6.33 Å². The molecule has 1 heterocycles. The number of aromatic nitrogens is 3. The van der Waals surface area contributed by atoms with E-state index in [9.17, 15) is 13.2 Å². The predicted molar refractivity (Wildman–Crippen MR) is 49.1 cm³/mol. The number of rotatable bonds is 4. The molecule has 9 nitrogen and oxygen atoms in total. The Bertz CT molecular complexity index is 413. The molecule has 0 radical (unpaired) electrons. The third kappa shape index (κ3) is 3.81. The fourth-order valence-corrected chi connectivity index (χ4v) is 1.36. The maximum Gasteiger partial charge on any atom is 0.422 e. The van der Waals surface area contributed by atoms with Gasteiger partial charge in [0.15, 0.2) is 0 Å². The number of nitrogens with zero attached hydrogens (tertiary/aromatic N) is 2. The zero-order chi connectivity index (χ0) is 11.3. The largest absolute Gasteiger partial charge is 0.449 e. The van der Waals surface area contributed by atoms with Crippen LogP contribution in [0.15, 0.2) is 6.33 Å². The first-order valence-electron chi connectivity index (χ1n) is 3.86. The van der Waals surface area contributed by atoms with Crippen LogP contribution in [0.1, 0.15) is 6.92 Å². The summed E-state index contributed by atoms with van der Waals surface area (Å²) in [6.45, 7) is 1.62. The number of amides is 1. The van der Waals surface area contributed by atoms with Gasteiger partial charge in [-0.05, 0) is 6.92 Å². The van der Waals surface area contributed by atoms with Gasteiger partial charge in [0.25, 0.3) is 0 Å². The van der Waals surface area contributed by atoms with E-state index in [0.717, 1.165) is 6.33 Å². The summed E-state index contributed by atoms with van der Waals surface area (Å²) >= 11 is 0. The van der Waals surface area contributed by atoms with Crippen molar-refractivity contribution in [3.05, 3.63) is 6.33 Å². The molecule has 0 spiro atoms. The van der Waals surface area contributed by atoms with E-state index < -0.39 is 16.3 Å². The van der Waals surface area contributed by atoms with Crippen molar-refractivity contribution >= 4 is 22.3 Å². The van der Waals surface area contributed by atoms with Crippen molar-refractivity contribution in [2.75, 3.05) is 11.3 Å². The molecule has 1 aromatic rings. The quantitative estimate of drug-likeness (QED) is 0.627. The number of carbonyl (C=O) groups is 1. The topological polar surface area (TPSA) is 126 Å². The molecule has 0 fully saturated rings. The third-order valence-corrected chi connectivity index (χ3v) is 2.04. The van der Waals surface area contributed by atoms with E-state index >= 15 is 0 Å². The minimum atomic E-state index is -4.03. The Balaban J connectivity index is 2.57. The molecule has 84 valence electrons. The molecule has 0 saturated heterocycles. The lowest BCUT2D eigenvalue weighted by Gasteiger charge is -2.06. The van der Waals surface area contributed by atoms with E-state index in [4.69, 9.17) is 0 Å². The average Bonchev–Trinajstić information content (AvgIpc) is 2.54. The number of hydrogen-bond acceptors (Lipinski definition) is 6. The fourth-order valence-electron chi connectivity index (χ4n) is 0.678. The van der Waals surface area contributed by atoms with Crippen LogP contribution in [0.4, 0.5) is 10.7 Å². The van der Waals surface area contributed by atoms with Crippen LogP contribution in [0.3, 0.4) is 0 Å². The van der Waals surface area contributed by atoms with Gasteiger partial charge in [-0.25, -0.2) is 19.3 Å². The lowest BCUT2D eigenvalue weighted by molar-refractivity contribution is 0.159. The molecule has 1 amide bonds. The van der Waals surface area contributed by atoms with Crippen molar-refractivity contribution in [3.63, 3.8) is 0 Å². The van der Waals surface area contributed by atoms with Gasteiger partial charge in [-0.1, -0.05) is 0 Å². The summed E-state index contributed by atoms with van der Waals surface area (Å²) in [5, 5.41) is 5.67. The molecule has 0 unspecified atom stereocenters. The zero-order valence-corrected chi connectivity index (χ0v) is 8.54. The molecule has 10 heteroatoms. The van der Waals surface area contributed by atoms with Crippen LogP contribution >= 0.6 is 0 Å². The summed E-state index contributed by atoms with van der Waals surface area (Å²) in [6.07, 6.45) is 0.0480. The van der Waals surface area contributed by atoms with Gasteiger partial charge in [0, 0.05) is 0 Å². The van der Waals surface area contributed by atoms with Gasteiger partial charge in [-0.3, -0.25) is 0 Å². The van der Waals surface area contributed by atoms with E-state index in [0.29, 0.717) is 0 Å². The summed E-state index contributed by atoms with van der Waals surface area (Å²) in [5.41, 5.74) is 0. The molecule has 0 bridgehead atoms. The predicted octanol–water partition coefficient (Wildman–Crippen LogP) is -0.793. The van der Waals surface area contributed by atoms with Crippen molar-refractivity contribution in [2.24, 2.45) is 0 Å². The van der Waals surface area contributed by atoms with E-state index in [2.05, 4.69) is 19.9 Å². The second-order valence-electron chi connectivity index (χ2n) is 2.26. The minimum absolute atomic E-state index is 0.0731. The molecular weight excluding hydrogens is 226 g/mol. The van der Waals surface area contributed by atoms with Crippen molar-refractivity contribution < 1.29 is 17.9 Å². The van der Waals surface area contributed by atoms with Crippen molar-refractivity contribution in [2.45, 2.75) is 6.92 Å². The lowest BCUT2D eigenvalue weighted by Crippen LogP contribution is -2.36. The Labute approximate surface area is 85.4 Å². The molecule has 1 rings (SSSR count). The third-order valence-electron chi connectivity index (χ3n) is 1.14. The average molecular weight is 235 g/mol. The number of H-pyrrole nitrogens is 1.